The fourth-order valence-corrected chi connectivity index (χ4v) is 2.15. The molecule has 0 bridgehead atoms. The molecule has 1 N–H and O–H groups in total. The molecule has 0 aromatic heterocycles. The van der Waals surface area contributed by atoms with Gasteiger partial charge in [0.05, 0.1) is 5.92 Å². The number of nitrogens with one attached hydrogen (secondary N) is 1. The maximum absolute atomic E-state index is 12.2. The highest BCUT2D eigenvalue weighted by molar-refractivity contribution is 9.10. The molecular formula is C14H20BrNO. The minimum atomic E-state index is -0.0782. The van der Waals surface area contributed by atoms with Crippen molar-refractivity contribution in [2.24, 2.45) is 5.92 Å². The molecule has 0 fully saturated rings. The SMILES string of the molecule is CC(C)NC(=O)C(c1ccc(Br)cc1)C(C)C. The second kappa shape index (κ2) is 6.20. The summed E-state index contributed by atoms with van der Waals surface area (Å²) in [5.74, 6) is 0.317. The van der Waals surface area contributed by atoms with Gasteiger partial charge < -0.3 is 5.32 Å². The Morgan fingerprint density at radius 1 is 1.12 bits per heavy atom. The molecule has 0 aliphatic heterocycles. The second-order valence-corrected chi connectivity index (χ2v) is 5.85. The second-order valence-electron chi connectivity index (χ2n) is 4.94. The van der Waals surface area contributed by atoms with Crippen LogP contribution >= 0.6 is 15.9 Å². The van der Waals surface area contributed by atoms with Gasteiger partial charge in [-0.25, -0.2) is 0 Å². The molecule has 1 atom stereocenters. The van der Waals surface area contributed by atoms with E-state index in [4.69, 9.17) is 0 Å². The van der Waals surface area contributed by atoms with E-state index in [9.17, 15) is 4.79 Å². The summed E-state index contributed by atoms with van der Waals surface area (Å²) >= 11 is 3.41. The van der Waals surface area contributed by atoms with E-state index in [2.05, 4.69) is 35.1 Å². The zero-order chi connectivity index (χ0) is 13.0. The first-order chi connectivity index (χ1) is 7.91. The van der Waals surface area contributed by atoms with Gasteiger partial charge in [0.2, 0.25) is 5.91 Å². The lowest BCUT2D eigenvalue weighted by Crippen LogP contribution is -2.36. The van der Waals surface area contributed by atoms with E-state index in [1.807, 2.05) is 38.1 Å². The van der Waals surface area contributed by atoms with Gasteiger partial charge in [0, 0.05) is 10.5 Å². The van der Waals surface area contributed by atoms with Crippen molar-refractivity contribution in [3.05, 3.63) is 34.3 Å². The van der Waals surface area contributed by atoms with Crippen molar-refractivity contribution in [1.82, 2.24) is 5.32 Å². The van der Waals surface area contributed by atoms with Crippen molar-refractivity contribution in [3.63, 3.8) is 0 Å². The van der Waals surface area contributed by atoms with E-state index in [0.717, 1.165) is 10.0 Å². The third-order valence-corrected chi connectivity index (χ3v) is 3.14. The third kappa shape index (κ3) is 4.15. The van der Waals surface area contributed by atoms with Gasteiger partial charge in [0.25, 0.3) is 0 Å². The summed E-state index contributed by atoms with van der Waals surface area (Å²) < 4.78 is 1.04. The van der Waals surface area contributed by atoms with Gasteiger partial charge in [-0.05, 0) is 37.5 Å². The van der Waals surface area contributed by atoms with Crippen LogP contribution in [0.4, 0.5) is 0 Å². The average molecular weight is 298 g/mol. The summed E-state index contributed by atoms with van der Waals surface area (Å²) in [4.78, 5) is 12.2. The number of carbonyl (C=O) groups is 1. The highest BCUT2D eigenvalue weighted by Gasteiger charge is 2.24. The number of rotatable bonds is 4. The molecule has 1 unspecified atom stereocenters. The summed E-state index contributed by atoms with van der Waals surface area (Å²) in [6.45, 7) is 8.12. The van der Waals surface area contributed by atoms with Crippen molar-refractivity contribution < 1.29 is 4.79 Å². The summed E-state index contributed by atoms with van der Waals surface area (Å²) in [6, 6.07) is 8.16. The molecular weight excluding hydrogens is 278 g/mol. The van der Waals surface area contributed by atoms with Crippen molar-refractivity contribution in [2.75, 3.05) is 0 Å². The van der Waals surface area contributed by atoms with Crippen molar-refractivity contribution in [2.45, 2.75) is 39.7 Å². The van der Waals surface area contributed by atoms with Crippen LogP contribution in [0.1, 0.15) is 39.2 Å². The quantitative estimate of drug-likeness (QED) is 0.902. The number of benzene rings is 1. The lowest BCUT2D eigenvalue weighted by Gasteiger charge is -2.22. The van der Waals surface area contributed by atoms with E-state index in [1.54, 1.807) is 0 Å². The van der Waals surface area contributed by atoms with Gasteiger partial charge in [-0.2, -0.15) is 0 Å². The van der Waals surface area contributed by atoms with E-state index in [-0.39, 0.29) is 23.8 Å². The molecule has 1 aromatic rings. The van der Waals surface area contributed by atoms with Crippen LogP contribution in [0.2, 0.25) is 0 Å². The van der Waals surface area contributed by atoms with Gasteiger partial charge in [0.1, 0.15) is 0 Å². The highest BCUT2D eigenvalue weighted by atomic mass is 79.9. The number of amides is 1. The molecule has 94 valence electrons. The zero-order valence-electron chi connectivity index (χ0n) is 10.8. The molecule has 0 saturated heterocycles. The molecule has 0 aliphatic rings. The standard InChI is InChI=1S/C14H20BrNO/c1-9(2)13(14(17)16-10(3)4)11-5-7-12(15)8-6-11/h5-10,13H,1-4H3,(H,16,17). The maximum Gasteiger partial charge on any atom is 0.227 e. The monoisotopic (exact) mass is 297 g/mol. The van der Waals surface area contributed by atoms with Gasteiger partial charge in [-0.1, -0.05) is 41.9 Å². The lowest BCUT2D eigenvalue weighted by atomic mass is 9.87. The van der Waals surface area contributed by atoms with Crippen LogP contribution in [0.25, 0.3) is 0 Å². The summed E-state index contributed by atoms with van der Waals surface area (Å²) in [5.41, 5.74) is 1.07. The Kier molecular flexibility index (Phi) is 5.19. The van der Waals surface area contributed by atoms with E-state index in [1.165, 1.54) is 0 Å². The molecule has 2 nitrogen and oxygen atoms in total. The van der Waals surface area contributed by atoms with Gasteiger partial charge in [0.15, 0.2) is 0 Å². The molecule has 1 amide bonds. The third-order valence-electron chi connectivity index (χ3n) is 2.61. The predicted molar refractivity (Wildman–Crippen MR) is 75.0 cm³/mol. The molecule has 1 aromatic carbocycles. The first-order valence-corrected chi connectivity index (χ1v) is 6.77. The predicted octanol–water partition coefficient (Wildman–Crippen LogP) is 3.71. The average Bonchev–Trinajstić information content (AvgIpc) is 2.19. The number of carbonyl (C=O) groups excluding carboxylic acids is 1. The molecule has 1 rings (SSSR count). The van der Waals surface area contributed by atoms with Gasteiger partial charge in [-0.15, -0.1) is 0 Å². The van der Waals surface area contributed by atoms with Crippen molar-refractivity contribution in [1.29, 1.82) is 0 Å². The van der Waals surface area contributed by atoms with Gasteiger partial charge >= 0.3 is 0 Å². The molecule has 0 heterocycles. The van der Waals surface area contributed by atoms with E-state index < -0.39 is 0 Å². The Morgan fingerprint density at radius 2 is 1.65 bits per heavy atom. The van der Waals surface area contributed by atoms with Crippen LogP contribution in [0.3, 0.4) is 0 Å². The number of hydrogen-bond acceptors (Lipinski definition) is 1. The van der Waals surface area contributed by atoms with Gasteiger partial charge in [-0.3, -0.25) is 4.79 Å². The van der Waals surface area contributed by atoms with Crippen molar-refractivity contribution >= 4 is 21.8 Å². The maximum atomic E-state index is 12.2. The van der Waals surface area contributed by atoms with Crippen LogP contribution in [-0.2, 0) is 4.79 Å². The Hall–Kier alpha value is -0.830. The Labute approximate surface area is 112 Å². The fraction of sp³-hybridized carbons (Fsp3) is 0.500. The molecule has 0 aliphatic carbocycles. The minimum absolute atomic E-state index is 0.0782. The first-order valence-electron chi connectivity index (χ1n) is 5.97. The Bertz CT molecular complexity index is 370. The largest absolute Gasteiger partial charge is 0.353 e. The summed E-state index contributed by atoms with van der Waals surface area (Å²) in [6.07, 6.45) is 0. The Balaban J connectivity index is 2.93. The summed E-state index contributed by atoms with van der Waals surface area (Å²) in [7, 11) is 0. The number of halogens is 1. The highest BCUT2D eigenvalue weighted by Crippen LogP contribution is 2.26. The Morgan fingerprint density at radius 3 is 2.06 bits per heavy atom. The normalized spacial score (nSPS) is 12.9. The van der Waals surface area contributed by atoms with Crippen LogP contribution in [0.15, 0.2) is 28.7 Å². The smallest absolute Gasteiger partial charge is 0.227 e. The molecule has 0 radical (unpaired) electrons. The molecule has 3 heteroatoms. The minimum Gasteiger partial charge on any atom is -0.353 e. The fourth-order valence-electron chi connectivity index (χ4n) is 1.88. The van der Waals surface area contributed by atoms with Crippen LogP contribution in [0, 0.1) is 5.92 Å². The zero-order valence-corrected chi connectivity index (χ0v) is 12.4. The van der Waals surface area contributed by atoms with Crippen molar-refractivity contribution in [3.8, 4) is 0 Å². The lowest BCUT2D eigenvalue weighted by molar-refractivity contribution is -0.124. The topological polar surface area (TPSA) is 29.1 Å². The molecule has 17 heavy (non-hydrogen) atoms. The van der Waals surface area contributed by atoms with Crippen LogP contribution < -0.4 is 5.32 Å². The van der Waals surface area contributed by atoms with E-state index >= 15 is 0 Å². The summed E-state index contributed by atoms with van der Waals surface area (Å²) in [5, 5.41) is 2.99. The molecule has 0 spiro atoms. The molecule has 0 saturated carbocycles. The van der Waals surface area contributed by atoms with Crippen LogP contribution in [-0.4, -0.2) is 11.9 Å². The van der Waals surface area contributed by atoms with E-state index in [0.29, 0.717) is 0 Å². The first kappa shape index (κ1) is 14.2. The number of hydrogen-bond donors (Lipinski definition) is 1. The van der Waals surface area contributed by atoms with Crippen LogP contribution in [0.5, 0.6) is 0 Å².